The highest BCUT2D eigenvalue weighted by atomic mass is 35.5. The topological polar surface area (TPSA) is 34.0 Å². The summed E-state index contributed by atoms with van der Waals surface area (Å²) in [5, 5.41) is 9.21. The van der Waals surface area contributed by atoms with Crippen molar-refractivity contribution < 1.29 is 4.74 Å². The van der Waals surface area contributed by atoms with Crippen molar-refractivity contribution in [2.75, 3.05) is 7.11 Å². The molecule has 0 saturated heterocycles. The van der Waals surface area contributed by atoms with Gasteiger partial charge in [0, 0.05) is 11.1 Å². The number of hydrogen-bond donors (Lipinski definition) is 0. The van der Waals surface area contributed by atoms with E-state index in [2.05, 4.69) is 10.2 Å². The van der Waals surface area contributed by atoms with E-state index in [4.69, 9.17) is 16.3 Å². The van der Waals surface area contributed by atoms with Crippen LogP contribution in [-0.4, -0.2) is 7.11 Å². The zero-order valence-electron chi connectivity index (χ0n) is 10.9. The molecule has 2 aromatic rings. The van der Waals surface area contributed by atoms with E-state index >= 15 is 0 Å². The van der Waals surface area contributed by atoms with Crippen LogP contribution in [0.2, 0.25) is 5.02 Å². The highest BCUT2D eigenvalue weighted by Gasteiger charge is 2.07. The average Bonchev–Trinajstić information content (AvgIpc) is 2.45. The molecule has 98 valence electrons. The maximum Gasteiger partial charge on any atom is 0.121 e. The van der Waals surface area contributed by atoms with Crippen molar-refractivity contribution in [1.82, 2.24) is 0 Å². The van der Waals surface area contributed by atoms with Crippen LogP contribution < -0.4 is 4.74 Å². The third kappa shape index (κ3) is 3.55. The molecule has 0 bridgehead atoms. The number of halogens is 1. The molecule has 0 aliphatic rings. The number of ether oxygens (including phenoxy) is 1. The number of nitrogens with zero attached hydrogens (tertiary/aromatic N) is 2. The molecule has 0 heterocycles. The minimum absolute atomic E-state index is 0.0834. The van der Waals surface area contributed by atoms with Gasteiger partial charge in [-0.25, -0.2) is 0 Å². The van der Waals surface area contributed by atoms with Gasteiger partial charge in [0.2, 0.25) is 0 Å². The minimum atomic E-state index is -0.0834. The van der Waals surface area contributed by atoms with E-state index in [1.807, 2.05) is 55.5 Å². The molecule has 0 amide bonds. The molecule has 0 N–H and O–H groups in total. The molecule has 0 fully saturated rings. The molecule has 0 saturated carbocycles. The van der Waals surface area contributed by atoms with E-state index in [9.17, 15) is 0 Å². The molecule has 3 nitrogen and oxygen atoms in total. The zero-order chi connectivity index (χ0) is 13.7. The van der Waals surface area contributed by atoms with Crippen molar-refractivity contribution >= 4 is 17.3 Å². The third-order valence-corrected chi connectivity index (χ3v) is 3.10. The van der Waals surface area contributed by atoms with Crippen LogP contribution in [0.4, 0.5) is 5.69 Å². The molecule has 1 unspecified atom stereocenters. The number of hydrogen-bond acceptors (Lipinski definition) is 3. The van der Waals surface area contributed by atoms with E-state index in [0.717, 1.165) is 17.0 Å². The molecule has 19 heavy (non-hydrogen) atoms. The SMILES string of the molecule is COc1cccc(N=NC(C)c2ccccc2Cl)c1. The standard InChI is InChI=1S/C15H15ClN2O/c1-11(14-8-3-4-9-15(14)16)17-18-12-6-5-7-13(10-12)19-2/h3-11H,1-2H3. The van der Waals surface area contributed by atoms with Gasteiger partial charge in [0.15, 0.2) is 0 Å². The van der Waals surface area contributed by atoms with Crippen LogP contribution in [0.5, 0.6) is 5.75 Å². The van der Waals surface area contributed by atoms with Crippen molar-refractivity contribution in [3.05, 3.63) is 59.1 Å². The number of benzene rings is 2. The summed E-state index contributed by atoms with van der Waals surface area (Å²) < 4.78 is 5.14. The summed E-state index contributed by atoms with van der Waals surface area (Å²) in [7, 11) is 1.63. The normalized spacial score (nSPS) is 12.6. The second kappa shape index (κ2) is 6.34. The van der Waals surface area contributed by atoms with Gasteiger partial charge in [-0.1, -0.05) is 35.9 Å². The van der Waals surface area contributed by atoms with Crippen LogP contribution in [0.1, 0.15) is 18.5 Å². The number of azo groups is 1. The first-order valence-corrected chi connectivity index (χ1v) is 6.38. The predicted molar refractivity (Wildman–Crippen MR) is 77.4 cm³/mol. The summed E-state index contributed by atoms with van der Waals surface area (Å²) in [6.45, 7) is 1.96. The van der Waals surface area contributed by atoms with E-state index in [1.165, 1.54) is 0 Å². The van der Waals surface area contributed by atoms with Gasteiger partial charge in [0.1, 0.15) is 5.75 Å². The molecule has 2 rings (SSSR count). The maximum atomic E-state index is 6.13. The Morgan fingerprint density at radius 3 is 2.63 bits per heavy atom. The molecule has 0 aliphatic heterocycles. The lowest BCUT2D eigenvalue weighted by Crippen LogP contribution is -1.89. The lowest BCUT2D eigenvalue weighted by molar-refractivity contribution is 0.415. The lowest BCUT2D eigenvalue weighted by atomic mass is 10.1. The Labute approximate surface area is 117 Å². The average molecular weight is 275 g/mol. The fourth-order valence-electron chi connectivity index (χ4n) is 1.70. The molecule has 4 heteroatoms. The summed E-state index contributed by atoms with van der Waals surface area (Å²) >= 11 is 6.13. The Balaban J connectivity index is 2.16. The Kier molecular flexibility index (Phi) is 4.53. The Morgan fingerprint density at radius 2 is 1.89 bits per heavy atom. The van der Waals surface area contributed by atoms with Gasteiger partial charge < -0.3 is 4.74 Å². The van der Waals surface area contributed by atoms with Crippen LogP contribution in [0, 0.1) is 0 Å². The fraction of sp³-hybridized carbons (Fsp3) is 0.200. The molecule has 0 aliphatic carbocycles. The van der Waals surface area contributed by atoms with Crippen molar-refractivity contribution in [1.29, 1.82) is 0 Å². The first-order valence-electron chi connectivity index (χ1n) is 6.00. The van der Waals surface area contributed by atoms with Gasteiger partial charge in [0.25, 0.3) is 0 Å². The van der Waals surface area contributed by atoms with Gasteiger partial charge in [-0.2, -0.15) is 10.2 Å². The number of methoxy groups -OCH3 is 1. The van der Waals surface area contributed by atoms with Crippen LogP contribution in [0.15, 0.2) is 58.8 Å². The second-order valence-electron chi connectivity index (χ2n) is 4.11. The smallest absolute Gasteiger partial charge is 0.121 e. The predicted octanol–water partition coefficient (Wildman–Crippen LogP) is 5.19. The van der Waals surface area contributed by atoms with Crippen LogP contribution >= 0.6 is 11.6 Å². The van der Waals surface area contributed by atoms with Gasteiger partial charge in [0.05, 0.1) is 18.8 Å². The van der Waals surface area contributed by atoms with Crippen LogP contribution in [-0.2, 0) is 0 Å². The van der Waals surface area contributed by atoms with E-state index in [1.54, 1.807) is 7.11 Å². The second-order valence-corrected chi connectivity index (χ2v) is 4.52. The molecular formula is C15H15ClN2O. The molecule has 0 radical (unpaired) electrons. The summed E-state index contributed by atoms with van der Waals surface area (Å²) in [5.41, 5.74) is 1.73. The van der Waals surface area contributed by atoms with Gasteiger partial charge in [-0.3, -0.25) is 0 Å². The van der Waals surface area contributed by atoms with E-state index in [-0.39, 0.29) is 6.04 Å². The van der Waals surface area contributed by atoms with Crippen LogP contribution in [0.3, 0.4) is 0 Å². The first kappa shape index (κ1) is 13.6. The first-order chi connectivity index (χ1) is 9.20. The molecule has 0 spiro atoms. The quantitative estimate of drug-likeness (QED) is 0.706. The van der Waals surface area contributed by atoms with Gasteiger partial charge in [-0.05, 0) is 30.7 Å². The highest BCUT2D eigenvalue weighted by molar-refractivity contribution is 6.31. The monoisotopic (exact) mass is 274 g/mol. The minimum Gasteiger partial charge on any atom is -0.497 e. The zero-order valence-corrected chi connectivity index (χ0v) is 11.6. The fourth-order valence-corrected chi connectivity index (χ4v) is 2.00. The van der Waals surface area contributed by atoms with Crippen molar-refractivity contribution in [3.63, 3.8) is 0 Å². The third-order valence-electron chi connectivity index (χ3n) is 2.76. The molecular weight excluding hydrogens is 260 g/mol. The number of rotatable bonds is 4. The van der Waals surface area contributed by atoms with Gasteiger partial charge in [-0.15, -0.1) is 0 Å². The largest absolute Gasteiger partial charge is 0.497 e. The summed E-state index contributed by atoms with van der Waals surface area (Å²) in [6.07, 6.45) is 0. The van der Waals surface area contributed by atoms with Crippen molar-refractivity contribution in [3.8, 4) is 5.75 Å². The van der Waals surface area contributed by atoms with E-state index in [0.29, 0.717) is 5.02 Å². The van der Waals surface area contributed by atoms with Crippen LogP contribution in [0.25, 0.3) is 0 Å². The Morgan fingerprint density at radius 1 is 1.11 bits per heavy atom. The lowest BCUT2D eigenvalue weighted by Gasteiger charge is -2.07. The summed E-state index contributed by atoms with van der Waals surface area (Å²) in [4.78, 5) is 0. The maximum absolute atomic E-state index is 6.13. The Hall–Kier alpha value is -1.87. The summed E-state index contributed by atoms with van der Waals surface area (Å²) in [6, 6.07) is 15.0. The summed E-state index contributed by atoms with van der Waals surface area (Å²) in [5.74, 6) is 0.766. The van der Waals surface area contributed by atoms with E-state index < -0.39 is 0 Å². The van der Waals surface area contributed by atoms with Gasteiger partial charge >= 0.3 is 0 Å². The molecule has 1 atom stereocenters. The molecule has 2 aromatic carbocycles. The highest BCUT2D eigenvalue weighted by Crippen LogP contribution is 2.27. The Bertz CT molecular complexity index is 584. The molecule has 0 aromatic heterocycles. The van der Waals surface area contributed by atoms with Crippen molar-refractivity contribution in [2.24, 2.45) is 10.2 Å². The van der Waals surface area contributed by atoms with Crippen molar-refractivity contribution in [2.45, 2.75) is 13.0 Å².